The van der Waals surface area contributed by atoms with Crippen molar-refractivity contribution < 1.29 is 9.50 Å². The first-order chi connectivity index (χ1) is 8.99. The van der Waals surface area contributed by atoms with Crippen LogP contribution >= 0.6 is 35.0 Å². The molecule has 1 N–H and O–H groups in total. The molecule has 1 atom stereocenters. The summed E-state index contributed by atoms with van der Waals surface area (Å²) in [6.07, 6.45) is -0.869. The van der Waals surface area contributed by atoms with Gasteiger partial charge in [0.05, 0.1) is 16.1 Å². The van der Waals surface area contributed by atoms with Crippen molar-refractivity contribution in [2.75, 3.05) is 0 Å². The van der Waals surface area contributed by atoms with Gasteiger partial charge in [-0.3, -0.25) is 0 Å². The van der Waals surface area contributed by atoms with Crippen LogP contribution in [0.25, 0.3) is 0 Å². The second-order valence-corrected chi connectivity index (χ2v) is 5.94. The lowest BCUT2D eigenvalue weighted by atomic mass is 10.1. The zero-order chi connectivity index (χ0) is 14.0. The van der Waals surface area contributed by atoms with Crippen LogP contribution < -0.4 is 0 Å². The van der Waals surface area contributed by atoms with E-state index in [0.29, 0.717) is 20.5 Å². The van der Waals surface area contributed by atoms with Crippen LogP contribution in [0.3, 0.4) is 0 Å². The molecule has 0 bridgehead atoms. The number of halogens is 3. The number of benzene rings is 2. The third kappa shape index (κ3) is 3.42. The number of hydrogen-bond donors (Lipinski definition) is 1. The maximum atomic E-state index is 13.7. The lowest BCUT2D eigenvalue weighted by Gasteiger charge is -2.12. The van der Waals surface area contributed by atoms with Crippen molar-refractivity contribution >= 4 is 35.0 Å². The molecule has 100 valence electrons. The molecule has 2 aromatic rings. The van der Waals surface area contributed by atoms with Gasteiger partial charge in [0.15, 0.2) is 0 Å². The lowest BCUT2D eigenvalue weighted by Crippen LogP contribution is -1.98. The first kappa shape index (κ1) is 14.7. The Kier molecular flexibility index (Phi) is 4.74. The molecule has 0 aliphatic heterocycles. The Morgan fingerprint density at radius 3 is 2.53 bits per heavy atom. The van der Waals surface area contributed by atoms with E-state index in [9.17, 15) is 9.50 Å². The fraction of sp³-hybridized carbons (Fsp3) is 0.143. The molecule has 2 aromatic carbocycles. The van der Waals surface area contributed by atoms with Crippen molar-refractivity contribution in [3.63, 3.8) is 0 Å². The molecule has 0 heterocycles. The molecule has 2 rings (SSSR count). The minimum atomic E-state index is -0.869. The molecule has 0 saturated heterocycles. The van der Waals surface area contributed by atoms with E-state index < -0.39 is 11.9 Å². The summed E-state index contributed by atoms with van der Waals surface area (Å²) < 4.78 is 13.7. The normalized spacial score (nSPS) is 12.5. The maximum Gasteiger partial charge on any atom is 0.130 e. The van der Waals surface area contributed by atoms with E-state index in [2.05, 4.69) is 0 Å². The Balaban J connectivity index is 2.38. The molecule has 0 aliphatic rings. The van der Waals surface area contributed by atoms with Crippen LogP contribution in [0.4, 0.5) is 4.39 Å². The second kappa shape index (κ2) is 6.14. The van der Waals surface area contributed by atoms with Crippen molar-refractivity contribution in [2.24, 2.45) is 0 Å². The molecule has 19 heavy (non-hydrogen) atoms. The fourth-order valence-electron chi connectivity index (χ4n) is 1.68. The van der Waals surface area contributed by atoms with E-state index in [1.54, 1.807) is 30.3 Å². The van der Waals surface area contributed by atoms with E-state index >= 15 is 0 Å². The standard InChI is InChI=1S/C14H11Cl2FOS/c1-8(18)14-12(17)3-2-4-13(14)19-9-5-6-10(15)11(16)7-9/h2-8,18H,1H3/t8-/m0/s1. The minimum Gasteiger partial charge on any atom is -0.389 e. The number of rotatable bonds is 3. The summed E-state index contributed by atoms with van der Waals surface area (Å²) in [7, 11) is 0. The third-order valence-corrected chi connectivity index (χ3v) is 4.35. The minimum absolute atomic E-state index is 0.290. The van der Waals surface area contributed by atoms with Gasteiger partial charge in [-0.15, -0.1) is 0 Å². The van der Waals surface area contributed by atoms with Crippen molar-refractivity contribution in [3.05, 3.63) is 57.8 Å². The van der Waals surface area contributed by atoms with E-state index in [1.165, 1.54) is 24.8 Å². The average Bonchev–Trinajstić information content (AvgIpc) is 2.33. The van der Waals surface area contributed by atoms with Crippen LogP contribution in [0, 0.1) is 5.82 Å². The fourth-order valence-corrected chi connectivity index (χ4v) is 3.13. The summed E-state index contributed by atoms with van der Waals surface area (Å²) in [5.41, 5.74) is 0.290. The predicted molar refractivity (Wildman–Crippen MR) is 77.6 cm³/mol. The highest BCUT2D eigenvalue weighted by atomic mass is 35.5. The predicted octanol–water partition coefficient (Wildman–Crippen LogP) is 5.34. The highest BCUT2D eigenvalue weighted by Crippen LogP contribution is 2.36. The number of aliphatic hydroxyl groups excluding tert-OH is 1. The smallest absolute Gasteiger partial charge is 0.130 e. The topological polar surface area (TPSA) is 20.2 Å². The highest BCUT2D eigenvalue weighted by molar-refractivity contribution is 7.99. The average molecular weight is 317 g/mol. The third-order valence-electron chi connectivity index (χ3n) is 2.55. The van der Waals surface area contributed by atoms with Crippen molar-refractivity contribution in [2.45, 2.75) is 22.8 Å². The van der Waals surface area contributed by atoms with Crippen LogP contribution in [0.5, 0.6) is 0 Å². The molecule has 0 unspecified atom stereocenters. The summed E-state index contributed by atoms with van der Waals surface area (Å²) in [4.78, 5) is 1.50. The Morgan fingerprint density at radius 2 is 1.89 bits per heavy atom. The van der Waals surface area contributed by atoms with Crippen molar-refractivity contribution in [1.29, 1.82) is 0 Å². The van der Waals surface area contributed by atoms with Crippen molar-refractivity contribution in [1.82, 2.24) is 0 Å². The van der Waals surface area contributed by atoms with Crippen LogP contribution in [-0.2, 0) is 0 Å². The molecule has 5 heteroatoms. The first-order valence-electron chi connectivity index (χ1n) is 5.58. The molecule has 0 amide bonds. The Hall–Kier alpha value is -0.740. The van der Waals surface area contributed by atoms with E-state index in [0.717, 1.165) is 4.90 Å². The number of hydrogen-bond acceptors (Lipinski definition) is 2. The molecule has 0 radical (unpaired) electrons. The summed E-state index contributed by atoms with van der Waals surface area (Å²) in [6, 6.07) is 9.91. The zero-order valence-corrected chi connectivity index (χ0v) is 12.4. The Morgan fingerprint density at radius 1 is 1.16 bits per heavy atom. The van der Waals surface area contributed by atoms with Crippen molar-refractivity contribution in [3.8, 4) is 0 Å². The van der Waals surface area contributed by atoms with Gasteiger partial charge < -0.3 is 5.11 Å². The molecule has 0 aromatic heterocycles. The molecule has 0 aliphatic carbocycles. The molecule has 0 fully saturated rings. The molecule has 0 saturated carbocycles. The van der Waals surface area contributed by atoms with Gasteiger partial charge in [-0.2, -0.15) is 0 Å². The highest BCUT2D eigenvalue weighted by Gasteiger charge is 2.14. The molecular formula is C14H11Cl2FOS. The van der Waals surface area contributed by atoms with Crippen LogP contribution in [0.1, 0.15) is 18.6 Å². The van der Waals surface area contributed by atoms with Gasteiger partial charge in [0.2, 0.25) is 0 Å². The first-order valence-corrected chi connectivity index (χ1v) is 7.15. The largest absolute Gasteiger partial charge is 0.389 e. The summed E-state index contributed by atoms with van der Waals surface area (Å²) >= 11 is 13.1. The van der Waals surface area contributed by atoms with Crippen LogP contribution in [0.2, 0.25) is 10.0 Å². The Bertz CT molecular complexity index is 602. The summed E-state index contributed by atoms with van der Waals surface area (Å²) in [5.74, 6) is -0.417. The van der Waals surface area contributed by atoms with Crippen LogP contribution in [-0.4, -0.2) is 5.11 Å². The monoisotopic (exact) mass is 316 g/mol. The Labute approximate surface area is 125 Å². The zero-order valence-electron chi connectivity index (χ0n) is 10.0. The molecule has 1 nitrogen and oxygen atoms in total. The summed E-state index contributed by atoms with van der Waals surface area (Å²) in [6.45, 7) is 1.54. The van der Waals surface area contributed by atoms with Gasteiger partial charge >= 0.3 is 0 Å². The molecule has 0 spiro atoms. The second-order valence-electron chi connectivity index (χ2n) is 4.01. The maximum absolute atomic E-state index is 13.7. The van der Waals surface area contributed by atoms with E-state index in [4.69, 9.17) is 23.2 Å². The van der Waals surface area contributed by atoms with Crippen LogP contribution in [0.15, 0.2) is 46.2 Å². The van der Waals surface area contributed by atoms with Gasteiger partial charge in [-0.05, 0) is 37.3 Å². The van der Waals surface area contributed by atoms with Gasteiger partial charge in [-0.1, -0.05) is 41.0 Å². The van der Waals surface area contributed by atoms with E-state index in [1.807, 2.05) is 0 Å². The molecular weight excluding hydrogens is 306 g/mol. The quantitative estimate of drug-likeness (QED) is 0.825. The SMILES string of the molecule is C[C@H](O)c1c(F)cccc1Sc1ccc(Cl)c(Cl)c1. The lowest BCUT2D eigenvalue weighted by molar-refractivity contribution is 0.191. The van der Waals surface area contributed by atoms with E-state index in [-0.39, 0.29) is 0 Å². The van der Waals surface area contributed by atoms with Gasteiger partial charge in [0.1, 0.15) is 5.82 Å². The number of aliphatic hydroxyl groups is 1. The van der Waals surface area contributed by atoms with Gasteiger partial charge in [0.25, 0.3) is 0 Å². The van der Waals surface area contributed by atoms with Gasteiger partial charge in [-0.25, -0.2) is 4.39 Å². The summed E-state index contributed by atoms with van der Waals surface area (Å²) in [5, 5.41) is 10.6. The van der Waals surface area contributed by atoms with Gasteiger partial charge in [0, 0.05) is 15.4 Å².